The van der Waals surface area contributed by atoms with Gasteiger partial charge in [0.1, 0.15) is 5.75 Å². The van der Waals surface area contributed by atoms with Gasteiger partial charge in [-0.2, -0.15) is 13.2 Å². The third-order valence-electron chi connectivity index (χ3n) is 7.50. The summed E-state index contributed by atoms with van der Waals surface area (Å²) in [5.41, 5.74) is 2.61. The molecule has 1 saturated heterocycles. The fourth-order valence-electron chi connectivity index (χ4n) is 5.33. The number of sulfonamides is 1. The fraction of sp³-hybridized carbons (Fsp3) is 0.387. The van der Waals surface area contributed by atoms with Gasteiger partial charge in [-0.25, -0.2) is 8.42 Å². The van der Waals surface area contributed by atoms with Crippen molar-refractivity contribution in [1.29, 1.82) is 0 Å². The molecule has 0 bridgehead atoms. The summed E-state index contributed by atoms with van der Waals surface area (Å²) in [6.07, 6.45) is -2.39. The number of halogens is 3. The van der Waals surface area contributed by atoms with E-state index in [1.807, 2.05) is 0 Å². The van der Waals surface area contributed by atoms with E-state index in [0.717, 1.165) is 17.9 Å². The van der Waals surface area contributed by atoms with Gasteiger partial charge in [0.25, 0.3) is 5.91 Å². The maximum absolute atomic E-state index is 13.8. The Labute approximate surface area is 253 Å². The van der Waals surface area contributed by atoms with E-state index in [0.29, 0.717) is 60.6 Å². The molecule has 0 saturated carbocycles. The van der Waals surface area contributed by atoms with E-state index >= 15 is 0 Å². The Balaban J connectivity index is 1.40. The third-order valence-corrected chi connectivity index (χ3v) is 8.09. The summed E-state index contributed by atoms with van der Waals surface area (Å²) in [5, 5.41) is 0. The van der Waals surface area contributed by atoms with Crippen LogP contribution in [0.4, 0.5) is 24.5 Å². The summed E-state index contributed by atoms with van der Waals surface area (Å²) < 4.78 is 89.1. The minimum atomic E-state index is -4.50. The first-order valence-electron chi connectivity index (χ1n) is 14.0. The van der Waals surface area contributed by atoms with Gasteiger partial charge in [-0.1, -0.05) is 18.2 Å². The largest absolute Gasteiger partial charge is 0.465 e. The predicted octanol–water partition coefficient (Wildman–Crippen LogP) is 5.45. The van der Waals surface area contributed by atoms with Crippen LogP contribution in [0.2, 0.25) is 0 Å². The first-order valence-corrected chi connectivity index (χ1v) is 15.9. The minimum absolute atomic E-state index is 0.106. The molecule has 0 aliphatic carbocycles. The Bertz CT molecular complexity index is 1620. The zero-order valence-electron chi connectivity index (χ0n) is 24.3. The number of methoxy groups -OCH3 is 1. The summed E-state index contributed by atoms with van der Waals surface area (Å²) in [6, 6.07) is 13.9. The van der Waals surface area contributed by atoms with E-state index in [-0.39, 0.29) is 43.2 Å². The quantitative estimate of drug-likeness (QED) is 0.221. The molecule has 1 atom stereocenters. The van der Waals surface area contributed by atoms with Gasteiger partial charge in [-0.05, 0) is 71.5 Å². The molecule has 1 amide bonds. The Hall–Kier alpha value is -3.65. The summed E-state index contributed by atoms with van der Waals surface area (Å²) in [4.78, 5) is 15.1. The highest BCUT2D eigenvalue weighted by Crippen LogP contribution is 2.38. The van der Waals surface area contributed by atoms with Crippen molar-refractivity contribution in [3.63, 3.8) is 0 Å². The van der Waals surface area contributed by atoms with Crippen LogP contribution >= 0.6 is 0 Å². The predicted molar refractivity (Wildman–Crippen MR) is 159 cm³/mol. The molecular formula is C31H33F3N2O7S. The number of amides is 1. The fourth-order valence-corrected chi connectivity index (χ4v) is 5.89. The second-order valence-electron chi connectivity index (χ2n) is 10.7. The molecule has 2 aliphatic rings. The van der Waals surface area contributed by atoms with E-state index in [2.05, 4.69) is 4.72 Å². The number of nitrogens with one attached hydrogen (secondary N) is 1. The van der Waals surface area contributed by atoms with Gasteiger partial charge in [-0.15, -0.1) is 0 Å². The molecule has 1 unspecified atom stereocenters. The lowest BCUT2D eigenvalue weighted by Gasteiger charge is -2.29. The number of fused-ring (bicyclic) bond motifs is 1. The molecule has 0 aromatic heterocycles. The molecule has 9 nitrogen and oxygen atoms in total. The number of rotatable bonds is 11. The van der Waals surface area contributed by atoms with Crippen molar-refractivity contribution in [3.05, 3.63) is 76.9 Å². The minimum Gasteiger partial charge on any atom is -0.465 e. The van der Waals surface area contributed by atoms with E-state index < -0.39 is 21.8 Å². The monoisotopic (exact) mass is 634 g/mol. The molecule has 3 aromatic rings. The number of hydrogen-bond donors (Lipinski definition) is 1. The molecule has 2 aliphatic heterocycles. The van der Waals surface area contributed by atoms with Crippen LogP contribution in [0.15, 0.2) is 54.6 Å². The average Bonchev–Trinajstić information content (AvgIpc) is 3.52. The zero-order valence-corrected chi connectivity index (χ0v) is 25.1. The third kappa shape index (κ3) is 7.52. The Morgan fingerprint density at radius 2 is 1.86 bits per heavy atom. The van der Waals surface area contributed by atoms with Crippen molar-refractivity contribution in [3.8, 4) is 16.9 Å². The number of benzene rings is 3. The molecular weight excluding hydrogens is 601 g/mol. The van der Waals surface area contributed by atoms with Gasteiger partial charge in [0.05, 0.1) is 37.3 Å². The number of anilines is 2. The first kappa shape index (κ1) is 31.8. The molecule has 44 heavy (non-hydrogen) atoms. The highest BCUT2D eigenvalue weighted by Gasteiger charge is 2.33. The van der Waals surface area contributed by atoms with Crippen LogP contribution in [0, 0.1) is 0 Å². The highest BCUT2D eigenvalue weighted by molar-refractivity contribution is 7.92. The second-order valence-corrected chi connectivity index (χ2v) is 12.4. The molecule has 0 radical (unpaired) electrons. The maximum Gasteiger partial charge on any atom is 0.416 e. The summed E-state index contributed by atoms with van der Waals surface area (Å²) >= 11 is 0. The average molecular weight is 635 g/mol. The van der Waals surface area contributed by atoms with Gasteiger partial charge in [0.2, 0.25) is 10.0 Å². The van der Waals surface area contributed by atoms with Crippen molar-refractivity contribution >= 4 is 27.3 Å². The number of carbonyl (C=O) groups excluding carboxylic acids is 1. The lowest BCUT2D eigenvalue weighted by atomic mass is 9.89. The van der Waals surface area contributed by atoms with Gasteiger partial charge in [-0.3, -0.25) is 9.52 Å². The van der Waals surface area contributed by atoms with Crippen molar-refractivity contribution in [2.45, 2.75) is 24.9 Å². The SMILES string of the molecule is COCCOCOc1ccc(N2CCc3cc(-c4cc(C5CCOC5)cc(C(F)(F)F)c4)ccc3C2=O)cc1NS(C)(=O)=O. The number of ether oxygens (including phenoxy) is 4. The van der Waals surface area contributed by atoms with Gasteiger partial charge < -0.3 is 23.8 Å². The number of carbonyl (C=O) groups is 1. The van der Waals surface area contributed by atoms with Crippen LogP contribution in [-0.4, -0.2) is 67.5 Å². The number of hydrogen-bond acceptors (Lipinski definition) is 7. The van der Waals surface area contributed by atoms with Crippen molar-refractivity contribution < 1.29 is 45.3 Å². The van der Waals surface area contributed by atoms with E-state index in [1.165, 1.54) is 24.1 Å². The standard InChI is InChI=1S/C31H33F3N2O7S/c1-40-11-12-42-19-43-29-6-4-26(17-28(29)35-44(2,38)39)36-9-7-21-13-20(3-5-27(21)30(36)37)23-14-24(22-8-10-41-18-22)16-25(15-23)31(32,33)34/h3-6,13-17,22,35H,7-12,18-19H2,1-2H3. The topological polar surface area (TPSA) is 103 Å². The van der Waals surface area contributed by atoms with Crippen molar-refractivity contribution in [1.82, 2.24) is 0 Å². The summed E-state index contributed by atoms with van der Waals surface area (Å²) in [7, 11) is -2.14. The molecule has 2 heterocycles. The molecule has 3 aromatic carbocycles. The van der Waals surface area contributed by atoms with Crippen LogP contribution in [0.1, 0.15) is 39.4 Å². The van der Waals surface area contributed by atoms with Crippen molar-refractivity contribution in [2.24, 2.45) is 0 Å². The Kier molecular flexibility index (Phi) is 9.49. The first-order chi connectivity index (χ1) is 20.9. The van der Waals surface area contributed by atoms with Crippen molar-refractivity contribution in [2.75, 3.05) is 62.8 Å². The number of nitrogens with zero attached hydrogens (tertiary/aromatic N) is 1. The highest BCUT2D eigenvalue weighted by atomic mass is 32.2. The van der Waals surface area contributed by atoms with Crippen LogP contribution in [0.5, 0.6) is 5.75 Å². The molecule has 5 rings (SSSR count). The van der Waals surface area contributed by atoms with Crippen LogP contribution in [0.3, 0.4) is 0 Å². The summed E-state index contributed by atoms with van der Waals surface area (Å²) in [6.45, 7) is 1.69. The zero-order chi connectivity index (χ0) is 31.5. The lowest BCUT2D eigenvalue weighted by molar-refractivity contribution is -0.137. The molecule has 13 heteroatoms. The molecule has 1 fully saturated rings. The summed E-state index contributed by atoms with van der Waals surface area (Å²) in [5.74, 6) is -0.200. The maximum atomic E-state index is 13.8. The van der Waals surface area contributed by atoms with Gasteiger partial charge in [0, 0.05) is 37.4 Å². The molecule has 1 N–H and O–H groups in total. The second kappa shape index (κ2) is 13.1. The van der Waals surface area contributed by atoms with E-state index in [9.17, 15) is 26.4 Å². The Morgan fingerprint density at radius 3 is 2.57 bits per heavy atom. The lowest BCUT2D eigenvalue weighted by Crippen LogP contribution is -2.37. The van der Waals surface area contributed by atoms with Gasteiger partial charge in [0.15, 0.2) is 6.79 Å². The van der Waals surface area contributed by atoms with Crippen LogP contribution in [0.25, 0.3) is 11.1 Å². The smallest absolute Gasteiger partial charge is 0.416 e. The van der Waals surface area contributed by atoms with Gasteiger partial charge >= 0.3 is 6.18 Å². The van der Waals surface area contributed by atoms with E-state index in [4.69, 9.17) is 18.9 Å². The number of alkyl halides is 3. The Morgan fingerprint density at radius 1 is 1.05 bits per heavy atom. The van der Waals surface area contributed by atoms with Crippen LogP contribution < -0.4 is 14.4 Å². The van der Waals surface area contributed by atoms with E-state index in [1.54, 1.807) is 36.4 Å². The normalized spacial score (nSPS) is 17.1. The molecule has 236 valence electrons. The van der Waals surface area contributed by atoms with Crippen LogP contribution in [-0.2, 0) is 36.8 Å². The molecule has 0 spiro atoms.